The summed E-state index contributed by atoms with van der Waals surface area (Å²) in [5, 5.41) is 0. The van der Waals surface area contributed by atoms with Gasteiger partial charge in [-0.25, -0.2) is 0 Å². The van der Waals surface area contributed by atoms with Crippen LogP contribution in [0.3, 0.4) is 0 Å². The molecule has 0 N–H and O–H groups in total. The zero-order valence-corrected chi connectivity index (χ0v) is 13.6. The van der Waals surface area contributed by atoms with Crippen LogP contribution in [0.1, 0.15) is 23.6 Å². The smallest absolute Gasteiger partial charge is 0.0487 e. The summed E-state index contributed by atoms with van der Waals surface area (Å²) in [6.45, 7) is 14.5. The number of hydrogen-bond acceptors (Lipinski definition) is 1. The summed E-state index contributed by atoms with van der Waals surface area (Å²) in [5.74, 6) is 0. The van der Waals surface area contributed by atoms with E-state index in [1.807, 2.05) is 12.2 Å². The van der Waals surface area contributed by atoms with Gasteiger partial charge < -0.3 is 4.90 Å². The molecule has 22 heavy (non-hydrogen) atoms. The normalized spacial score (nSPS) is 11.1. The average molecular weight is 289 g/mol. The van der Waals surface area contributed by atoms with E-state index in [1.54, 1.807) is 0 Å². The number of hydrogen-bond donors (Lipinski definition) is 0. The first kappa shape index (κ1) is 15.8. The summed E-state index contributed by atoms with van der Waals surface area (Å²) in [6.07, 6.45) is 3.82. The number of nitrogens with zero attached hydrogens (tertiary/aromatic N) is 1. The minimum Gasteiger partial charge on any atom is -0.314 e. The molecule has 0 spiro atoms. The first-order chi connectivity index (χ1) is 10.6. The third-order valence-electron chi connectivity index (χ3n) is 3.79. The molecule has 0 atom stereocenters. The first-order valence-corrected chi connectivity index (χ1v) is 7.46. The molecule has 112 valence electrons. The lowest BCUT2D eigenvalue weighted by atomic mass is 10.0. The quantitative estimate of drug-likeness (QED) is 0.622. The highest BCUT2D eigenvalue weighted by molar-refractivity contribution is 5.83. The molecule has 0 aromatic heterocycles. The van der Waals surface area contributed by atoms with Crippen LogP contribution in [0.25, 0.3) is 5.70 Å². The number of anilines is 1. The molecule has 0 aliphatic heterocycles. The van der Waals surface area contributed by atoms with Gasteiger partial charge in [-0.3, -0.25) is 0 Å². The van der Waals surface area contributed by atoms with Crippen LogP contribution in [-0.4, -0.2) is 0 Å². The lowest BCUT2D eigenvalue weighted by Crippen LogP contribution is -2.20. The zero-order chi connectivity index (χ0) is 16.1. The van der Waals surface area contributed by atoms with E-state index in [2.05, 4.69) is 87.4 Å². The molecule has 0 bridgehead atoms. The van der Waals surface area contributed by atoms with Crippen molar-refractivity contribution in [2.75, 3.05) is 4.90 Å². The maximum Gasteiger partial charge on any atom is 0.0487 e. The Hall–Kier alpha value is -2.54. The second-order valence-electron chi connectivity index (χ2n) is 5.43. The van der Waals surface area contributed by atoms with Crippen molar-refractivity contribution in [2.24, 2.45) is 0 Å². The second kappa shape index (κ2) is 6.95. The Bertz CT molecular complexity index is 722. The predicted octanol–water partition coefficient (Wildman–Crippen LogP) is 5.87. The average Bonchev–Trinajstić information content (AvgIpc) is 2.50. The summed E-state index contributed by atoms with van der Waals surface area (Å²) in [4.78, 5) is 2.19. The van der Waals surface area contributed by atoms with E-state index in [0.29, 0.717) is 0 Å². The monoisotopic (exact) mass is 289 g/mol. The minimum atomic E-state index is 0.975. The van der Waals surface area contributed by atoms with Gasteiger partial charge in [0.25, 0.3) is 0 Å². The van der Waals surface area contributed by atoms with Crippen LogP contribution in [0.4, 0.5) is 5.69 Å². The van der Waals surface area contributed by atoms with Gasteiger partial charge in [0.15, 0.2) is 0 Å². The summed E-state index contributed by atoms with van der Waals surface area (Å²) in [6, 6.07) is 16.7. The molecule has 0 saturated heterocycles. The Morgan fingerprint density at radius 3 is 2.14 bits per heavy atom. The number of para-hydroxylation sites is 1. The Morgan fingerprint density at radius 2 is 1.55 bits per heavy atom. The van der Waals surface area contributed by atoms with Gasteiger partial charge in [0, 0.05) is 22.6 Å². The van der Waals surface area contributed by atoms with Crippen LogP contribution >= 0.6 is 0 Å². The van der Waals surface area contributed by atoms with Crippen LogP contribution < -0.4 is 4.90 Å². The molecular formula is C21H23N. The highest BCUT2D eigenvalue weighted by Crippen LogP contribution is 2.32. The molecule has 0 heterocycles. The fourth-order valence-corrected chi connectivity index (χ4v) is 2.62. The summed E-state index contributed by atoms with van der Waals surface area (Å²) in [5.41, 5.74) is 6.81. The maximum atomic E-state index is 4.36. The second-order valence-corrected chi connectivity index (χ2v) is 5.43. The van der Waals surface area contributed by atoms with Crippen LogP contribution in [0.2, 0.25) is 0 Å². The first-order valence-electron chi connectivity index (χ1n) is 7.46. The molecule has 0 saturated carbocycles. The molecule has 0 aliphatic rings. The highest BCUT2D eigenvalue weighted by Gasteiger charge is 2.16. The number of benzene rings is 2. The van der Waals surface area contributed by atoms with Gasteiger partial charge in [0.05, 0.1) is 0 Å². The standard InChI is InChI=1S/C21H23N/c1-6-11-18(4)22(21-15-10-8-13-17(21)3)19(5)20-14-9-7-12-16(20)2/h6-15H,1,5H2,2-4H3. The largest absolute Gasteiger partial charge is 0.314 e. The number of aryl methyl sites for hydroxylation is 2. The topological polar surface area (TPSA) is 3.24 Å². The molecular weight excluding hydrogens is 266 g/mol. The van der Waals surface area contributed by atoms with Crippen molar-refractivity contribution in [1.82, 2.24) is 0 Å². The van der Waals surface area contributed by atoms with E-state index in [1.165, 1.54) is 11.1 Å². The Balaban J connectivity index is 2.57. The van der Waals surface area contributed by atoms with Gasteiger partial charge >= 0.3 is 0 Å². The Labute approximate surface area is 133 Å². The molecule has 0 aliphatic carbocycles. The van der Waals surface area contributed by atoms with Crippen molar-refractivity contribution in [1.29, 1.82) is 0 Å². The lowest BCUT2D eigenvalue weighted by Gasteiger charge is -2.30. The van der Waals surface area contributed by atoms with E-state index < -0.39 is 0 Å². The van der Waals surface area contributed by atoms with E-state index in [-0.39, 0.29) is 0 Å². The van der Waals surface area contributed by atoms with Gasteiger partial charge in [0.2, 0.25) is 0 Å². The third-order valence-corrected chi connectivity index (χ3v) is 3.79. The molecule has 2 rings (SSSR count). The van der Waals surface area contributed by atoms with Gasteiger partial charge in [-0.1, -0.05) is 61.7 Å². The van der Waals surface area contributed by atoms with Crippen molar-refractivity contribution in [3.63, 3.8) is 0 Å². The summed E-state index contributed by atoms with van der Waals surface area (Å²) < 4.78 is 0. The van der Waals surface area contributed by atoms with E-state index in [0.717, 1.165) is 22.6 Å². The van der Waals surface area contributed by atoms with E-state index in [9.17, 15) is 0 Å². The van der Waals surface area contributed by atoms with Crippen LogP contribution in [0.15, 0.2) is 79.5 Å². The summed E-state index contributed by atoms with van der Waals surface area (Å²) in [7, 11) is 0. The van der Waals surface area contributed by atoms with Crippen LogP contribution in [-0.2, 0) is 0 Å². The van der Waals surface area contributed by atoms with Crippen molar-refractivity contribution in [3.8, 4) is 0 Å². The SMILES string of the molecule is C=CC=C(C)N(C(=C)c1ccccc1C)c1ccccc1C. The number of rotatable bonds is 5. The molecule has 1 heteroatoms. The Kier molecular flexibility index (Phi) is 5.00. The van der Waals surface area contributed by atoms with Crippen molar-refractivity contribution in [3.05, 3.63) is 96.2 Å². The maximum absolute atomic E-state index is 4.36. The fraction of sp³-hybridized carbons (Fsp3) is 0.143. The fourth-order valence-electron chi connectivity index (χ4n) is 2.62. The van der Waals surface area contributed by atoms with Crippen molar-refractivity contribution in [2.45, 2.75) is 20.8 Å². The predicted molar refractivity (Wildman–Crippen MR) is 97.8 cm³/mol. The zero-order valence-electron chi connectivity index (χ0n) is 13.6. The van der Waals surface area contributed by atoms with Crippen LogP contribution in [0.5, 0.6) is 0 Å². The summed E-state index contributed by atoms with van der Waals surface area (Å²) >= 11 is 0. The molecule has 0 fully saturated rings. The molecule has 0 unspecified atom stereocenters. The van der Waals surface area contributed by atoms with E-state index in [4.69, 9.17) is 0 Å². The highest BCUT2D eigenvalue weighted by atomic mass is 15.2. The minimum absolute atomic E-state index is 0.975. The molecule has 2 aromatic rings. The van der Waals surface area contributed by atoms with Crippen LogP contribution in [0, 0.1) is 13.8 Å². The molecule has 1 nitrogen and oxygen atoms in total. The molecule has 0 radical (unpaired) electrons. The van der Waals surface area contributed by atoms with Gasteiger partial charge in [0.1, 0.15) is 0 Å². The van der Waals surface area contributed by atoms with Gasteiger partial charge in [-0.05, 0) is 44.0 Å². The van der Waals surface area contributed by atoms with Crippen molar-refractivity contribution >= 4 is 11.4 Å². The van der Waals surface area contributed by atoms with Gasteiger partial charge in [-0.2, -0.15) is 0 Å². The number of allylic oxidation sites excluding steroid dienone is 3. The van der Waals surface area contributed by atoms with E-state index >= 15 is 0 Å². The lowest BCUT2D eigenvalue weighted by molar-refractivity contribution is 1.15. The Morgan fingerprint density at radius 1 is 0.955 bits per heavy atom. The molecule has 2 aromatic carbocycles. The van der Waals surface area contributed by atoms with Crippen molar-refractivity contribution < 1.29 is 0 Å². The van der Waals surface area contributed by atoms with Gasteiger partial charge in [-0.15, -0.1) is 0 Å². The molecule has 0 amide bonds. The third kappa shape index (κ3) is 3.20.